The van der Waals surface area contributed by atoms with Crippen molar-refractivity contribution in [2.45, 2.75) is 13.5 Å². The largest absolute Gasteiger partial charge is 0.493 e. The smallest absolute Gasteiger partial charge is 0.336 e. The first-order valence-electron chi connectivity index (χ1n) is 7.57. The molecule has 2 aromatic rings. The predicted molar refractivity (Wildman–Crippen MR) is 93.1 cm³/mol. The number of primary amides is 1. The molecule has 7 nitrogen and oxygen atoms in total. The third kappa shape index (κ3) is 4.63. The van der Waals surface area contributed by atoms with Crippen LogP contribution in [-0.2, 0) is 11.3 Å². The van der Waals surface area contributed by atoms with Crippen LogP contribution in [0.4, 0.5) is 5.69 Å². The summed E-state index contributed by atoms with van der Waals surface area (Å²) in [4.78, 5) is 22.0. The molecule has 0 aliphatic rings. The van der Waals surface area contributed by atoms with Crippen molar-refractivity contribution in [3.63, 3.8) is 0 Å². The molecule has 0 bridgehead atoms. The van der Waals surface area contributed by atoms with Crippen LogP contribution in [-0.4, -0.2) is 30.7 Å². The van der Waals surface area contributed by atoms with Crippen molar-refractivity contribution in [2.24, 2.45) is 5.73 Å². The topological polar surface area (TPSA) is 111 Å². The van der Waals surface area contributed by atoms with E-state index in [0.29, 0.717) is 23.6 Å². The minimum atomic E-state index is -0.959. The molecule has 0 saturated carbocycles. The maximum absolute atomic E-state index is 11.2. The van der Waals surface area contributed by atoms with Gasteiger partial charge >= 0.3 is 5.97 Å². The highest BCUT2D eigenvalue weighted by Gasteiger charge is 2.11. The standard InChI is InChI=1S/C18H20N2O5/c1-11-13(18(22)23)4-3-5-14(11)20-9-12-6-7-15(16(8-12)24-2)25-10-17(19)21/h3-8,20H,9-10H2,1-2H3,(H2,19,21)(H,22,23). The number of aromatic carboxylic acids is 1. The summed E-state index contributed by atoms with van der Waals surface area (Å²) < 4.78 is 10.5. The van der Waals surface area contributed by atoms with Crippen LogP contribution in [0, 0.1) is 6.92 Å². The Morgan fingerprint density at radius 2 is 1.96 bits per heavy atom. The van der Waals surface area contributed by atoms with Crippen molar-refractivity contribution in [2.75, 3.05) is 19.0 Å². The van der Waals surface area contributed by atoms with E-state index in [1.807, 2.05) is 12.1 Å². The zero-order valence-corrected chi connectivity index (χ0v) is 14.0. The molecule has 0 fully saturated rings. The average molecular weight is 344 g/mol. The van der Waals surface area contributed by atoms with E-state index >= 15 is 0 Å². The average Bonchev–Trinajstić information content (AvgIpc) is 2.59. The summed E-state index contributed by atoms with van der Waals surface area (Å²) >= 11 is 0. The van der Waals surface area contributed by atoms with E-state index in [0.717, 1.165) is 11.3 Å². The van der Waals surface area contributed by atoms with Crippen molar-refractivity contribution in [1.82, 2.24) is 0 Å². The summed E-state index contributed by atoms with van der Waals surface area (Å²) in [6.45, 7) is 2.00. The Hall–Kier alpha value is -3.22. The number of carboxylic acid groups (broad SMARTS) is 1. The lowest BCUT2D eigenvalue weighted by atomic mass is 10.1. The minimum absolute atomic E-state index is 0.227. The molecule has 0 unspecified atom stereocenters. The first-order valence-corrected chi connectivity index (χ1v) is 7.57. The molecule has 25 heavy (non-hydrogen) atoms. The Kier molecular flexibility index (Phi) is 5.84. The van der Waals surface area contributed by atoms with E-state index in [9.17, 15) is 14.7 Å². The van der Waals surface area contributed by atoms with Crippen LogP contribution >= 0.6 is 0 Å². The molecular weight excluding hydrogens is 324 g/mol. The third-order valence-electron chi connectivity index (χ3n) is 3.65. The van der Waals surface area contributed by atoms with Gasteiger partial charge in [-0.05, 0) is 42.3 Å². The molecule has 0 saturated heterocycles. The summed E-state index contributed by atoms with van der Waals surface area (Å²) in [5.41, 5.74) is 7.65. The third-order valence-corrected chi connectivity index (χ3v) is 3.65. The predicted octanol–water partition coefficient (Wildman–Crippen LogP) is 2.18. The van der Waals surface area contributed by atoms with E-state index in [2.05, 4.69) is 5.32 Å². The molecular formula is C18H20N2O5. The Bertz CT molecular complexity index is 789. The number of carbonyl (C=O) groups excluding carboxylic acids is 1. The van der Waals surface area contributed by atoms with Crippen LogP contribution in [0.1, 0.15) is 21.5 Å². The monoisotopic (exact) mass is 344 g/mol. The molecule has 1 amide bonds. The number of anilines is 1. The molecule has 2 rings (SSSR count). The quantitative estimate of drug-likeness (QED) is 0.677. The first-order chi connectivity index (χ1) is 11.9. The van der Waals surface area contributed by atoms with E-state index in [1.165, 1.54) is 7.11 Å². The zero-order valence-electron chi connectivity index (χ0n) is 14.0. The maximum Gasteiger partial charge on any atom is 0.336 e. The molecule has 2 aromatic carbocycles. The molecule has 0 aliphatic carbocycles. The molecule has 0 heterocycles. The molecule has 0 aromatic heterocycles. The Morgan fingerprint density at radius 1 is 1.20 bits per heavy atom. The van der Waals surface area contributed by atoms with Gasteiger partial charge in [0.2, 0.25) is 0 Å². The van der Waals surface area contributed by atoms with Crippen LogP contribution < -0.4 is 20.5 Å². The Morgan fingerprint density at radius 3 is 2.60 bits per heavy atom. The van der Waals surface area contributed by atoms with Gasteiger partial charge in [0.25, 0.3) is 5.91 Å². The molecule has 4 N–H and O–H groups in total. The number of hydrogen-bond acceptors (Lipinski definition) is 5. The Balaban J connectivity index is 2.12. The van der Waals surface area contributed by atoms with E-state index in [4.69, 9.17) is 15.2 Å². The fourth-order valence-electron chi connectivity index (χ4n) is 2.35. The number of carbonyl (C=O) groups is 2. The van der Waals surface area contributed by atoms with Gasteiger partial charge < -0.3 is 25.6 Å². The van der Waals surface area contributed by atoms with Crippen LogP contribution in [0.2, 0.25) is 0 Å². The number of ether oxygens (including phenoxy) is 2. The van der Waals surface area contributed by atoms with Crippen LogP contribution in [0.5, 0.6) is 11.5 Å². The van der Waals surface area contributed by atoms with Gasteiger partial charge in [0.1, 0.15) is 0 Å². The summed E-state index contributed by atoms with van der Waals surface area (Å²) in [5, 5.41) is 12.4. The number of hydrogen-bond donors (Lipinski definition) is 3. The van der Waals surface area contributed by atoms with Crippen LogP contribution in [0.15, 0.2) is 36.4 Å². The summed E-state index contributed by atoms with van der Waals surface area (Å²) in [6, 6.07) is 10.4. The lowest BCUT2D eigenvalue weighted by Crippen LogP contribution is -2.20. The van der Waals surface area contributed by atoms with Crippen LogP contribution in [0.25, 0.3) is 0 Å². The van der Waals surface area contributed by atoms with E-state index < -0.39 is 11.9 Å². The SMILES string of the molecule is COc1cc(CNc2cccc(C(=O)O)c2C)ccc1OCC(N)=O. The Labute approximate surface area is 145 Å². The van der Waals surface area contributed by atoms with Gasteiger partial charge in [0.05, 0.1) is 12.7 Å². The summed E-state index contributed by atoms with van der Waals surface area (Å²) in [6.07, 6.45) is 0. The van der Waals surface area contributed by atoms with Crippen molar-refractivity contribution >= 4 is 17.6 Å². The molecule has 132 valence electrons. The van der Waals surface area contributed by atoms with Crippen LogP contribution in [0.3, 0.4) is 0 Å². The van der Waals surface area contributed by atoms with Gasteiger partial charge in [-0.1, -0.05) is 12.1 Å². The highest BCUT2D eigenvalue weighted by atomic mass is 16.5. The number of benzene rings is 2. The second kappa shape index (κ2) is 8.05. The second-order valence-corrected chi connectivity index (χ2v) is 5.38. The number of nitrogens with one attached hydrogen (secondary N) is 1. The number of nitrogens with two attached hydrogens (primary N) is 1. The van der Waals surface area contributed by atoms with Gasteiger partial charge in [0.15, 0.2) is 18.1 Å². The fraction of sp³-hybridized carbons (Fsp3) is 0.222. The molecule has 0 spiro atoms. The van der Waals surface area contributed by atoms with Gasteiger partial charge in [-0.3, -0.25) is 4.79 Å². The van der Waals surface area contributed by atoms with Gasteiger partial charge in [-0.25, -0.2) is 4.79 Å². The van der Waals surface area contributed by atoms with Gasteiger partial charge in [0, 0.05) is 12.2 Å². The second-order valence-electron chi connectivity index (χ2n) is 5.38. The van der Waals surface area contributed by atoms with Gasteiger partial charge in [-0.2, -0.15) is 0 Å². The molecule has 0 atom stereocenters. The van der Waals surface area contributed by atoms with E-state index in [-0.39, 0.29) is 12.2 Å². The molecule has 0 aliphatic heterocycles. The van der Waals surface area contributed by atoms with E-state index in [1.54, 1.807) is 31.2 Å². The fourth-order valence-corrected chi connectivity index (χ4v) is 2.35. The highest BCUT2D eigenvalue weighted by Crippen LogP contribution is 2.28. The normalized spacial score (nSPS) is 10.2. The lowest BCUT2D eigenvalue weighted by Gasteiger charge is -2.14. The van der Waals surface area contributed by atoms with Crippen molar-refractivity contribution in [3.8, 4) is 11.5 Å². The molecule has 0 radical (unpaired) electrons. The number of methoxy groups -OCH3 is 1. The molecule has 7 heteroatoms. The van der Waals surface area contributed by atoms with Gasteiger partial charge in [-0.15, -0.1) is 0 Å². The number of amides is 1. The lowest BCUT2D eigenvalue weighted by molar-refractivity contribution is -0.119. The summed E-state index contributed by atoms with van der Waals surface area (Å²) in [5.74, 6) is -0.619. The number of carboxylic acids is 1. The first kappa shape index (κ1) is 18.1. The maximum atomic E-state index is 11.2. The van der Waals surface area contributed by atoms with Crippen molar-refractivity contribution in [3.05, 3.63) is 53.1 Å². The minimum Gasteiger partial charge on any atom is -0.493 e. The summed E-state index contributed by atoms with van der Waals surface area (Å²) in [7, 11) is 1.50. The zero-order chi connectivity index (χ0) is 18.4. The number of rotatable bonds is 8. The highest BCUT2D eigenvalue weighted by molar-refractivity contribution is 5.91. The van der Waals surface area contributed by atoms with Crippen molar-refractivity contribution < 1.29 is 24.2 Å². The van der Waals surface area contributed by atoms with Crippen molar-refractivity contribution in [1.29, 1.82) is 0 Å².